The highest BCUT2D eigenvalue weighted by molar-refractivity contribution is 7.91. The Hall–Kier alpha value is -0.910. The minimum Gasteiger partial charge on any atom is -0.383 e. The van der Waals surface area contributed by atoms with Crippen LogP contribution in [0.15, 0.2) is 29.2 Å². The third kappa shape index (κ3) is 4.93. The van der Waals surface area contributed by atoms with Crippen molar-refractivity contribution >= 4 is 9.84 Å². The topological polar surface area (TPSA) is 55.4 Å². The Morgan fingerprint density at radius 1 is 1.32 bits per heavy atom. The number of methoxy groups -OCH3 is 1. The van der Waals surface area contributed by atoms with Crippen molar-refractivity contribution in [2.75, 3.05) is 26.0 Å². The Balaban J connectivity index is 2.85. The summed E-state index contributed by atoms with van der Waals surface area (Å²) in [6, 6.07) is 6.90. The number of hydrogen-bond acceptors (Lipinski definition) is 4. The van der Waals surface area contributed by atoms with Gasteiger partial charge in [-0.05, 0) is 31.5 Å². The van der Waals surface area contributed by atoms with Crippen LogP contribution < -0.4 is 5.32 Å². The fraction of sp³-hybridized carbons (Fsp3) is 0.571. The van der Waals surface area contributed by atoms with Crippen molar-refractivity contribution < 1.29 is 13.2 Å². The van der Waals surface area contributed by atoms with Crippen LogP contribution in [-0.2, 0) is 14.6 Å². The molecule has 0 amide bonds. The molecule has 4 nitrogen and oxygen atoms in total. The first kappa shape index (κ1) is 16.1. The van der Waals surface area contributed by atoms with E-state index < -0.39 is 9.84 Å². The van der Waals surface area contributed by atoms with Gasteiger partial charge in [-0.25, -0.2) is 8.42 Å². The Labute approximate surface area is 116 Å². The summed E-state index contributed by atoms with van der Waals surface area (Å²) in [4.78, 5) is 0.411. The second kappa shape index (κ2) is 7.62. The first-order valence-electron chi connectivity index (χ1n) is 6.52. The normalized spacial score (nSPS) is 13.4. The summed E-state index contributed by atoms with van der Waals surface area (Å²) in [5, 5.41) is 3.21. The molecule has 0 aliphatic rings. The fourth-order valence-corrected chi connectivity index (χ4v) is 3.74. The number of benzene rings is 1. The molecule has 0 radical (unpaired) electrons. The van der Waals surface area contributed by atoms with Gasteiger partial charge in [0.25, 0.3) is 0 Å². The summed E-state index contributed by atoms with van der Waals surface area (Å²) in [7, 11) is -1.70. The van der Waals surface area contributed by atoms with Gasteiger partial charge in [0.2, 0.25) is 0 Å². The highest BCUT2D eigenvalue weighted by Gasteiger charge is 2.22. The Morgan fingerprint density at radius 3 is 2.58 bits per heavy atom. The van der Waals surface area contributed by atoms with E-state index in [-0.39, 0.29) is 11.8 Å². The maximum absolute atomic E-state index is 12.4. The van der Waals surface area contributed by atoms with Gasteiger partial charge >= 0.3 is 0 Å². The number of ether oxygens (including phenoxy) is 1. The monoisotopic (exact) mass is 285 g/mol. The molecule has 0 spiro atoms. The maximum Gasteiger partial charge on any atom is 0.180 e. The van der Waals surface area contributed by atoms with E-state index in [4.69, 9.17) is 4.74 Å². The number of nitrogens with one attached hydrogen (secondary N) is 1. The maximum atomic E-state index is 12.4. The van der Waals surface area contributed by atoms with Crippen molar-refractivity contribution in [2.45, 2.75) is 31.2 Å². The molecule has 1 rings (SSSR count). The molecule has 0 saturated carbocycles. The first-order chi connectivity index (χ1) is 9.01. The molecule has 19 heavy (non-hydrogen) atoms. The van der Waals surface area contributed by atoms with E-state index in [1.807, 2.05) is 26.0 Å². The molecule has 1 atom stereocenters. The van der Waals surface area contributed by atoms with E-state index in [0.29, 0.717) is 11.5 Å². The first-order valence-corrected chi connectivity index (χ1v) is 8.17. The van der Waals surface area contributed by atoms with Crippen LogP contribution in [0.25, 0.3) is 0 Å². The van der Waals surface area contributed by atoms with Crippen molar-refractivity contribution in [3.8, 4) is 0 Å². The smallest absolute Gasteiger partial charge is 0.180 e. The third-order valence-electron chi connectivity index (χ3n) is 2.90. The van der Waals surface area contributed by atoms with Gasteiger partial charge in [0.1, 0.15) is 0 Å². The molecule has 0 aromatic heterocycles. The molecule has 1 unspecified atom stereocenters. The van der Waals surface area contributed by atoms with Gasteiger partial charge in [-0.1, -0.05) is 25.1 Å². The minimum absolute atomic E-state index is 0.0612. The Kier molecular flexibility index (Phi) is 6.48. The number of hydrogen-bond donors (Lipinski definition) is 1. The highest BCUT2D eigenvalue weighted by Crippen LogP contribution is 2.16. The van der Waals surface area contributed by atoms with Gasteiger partial charge in [-0.3, -0.25) is 0 Å². The fourth-order valence-electron chi connectivity index (χ4n) is 1.98. The molecule has 1 N–H and O–H groups in total. The van der Waals surface area contributed by atoms with Crippen molar-refractivity contribution in [3.05, 3.63) is 29.8 Å². The van der Waals surface area contributed by atoms with Crippen molar-refractivity contribution in [1.82, 2.24) is 5.32 Å². The van der Waals surface area contributed by atoms with Crippen LogP contribution in [0.5, 0.6) is 0 Å². The molecule has 0 saturated heterocycles. The number of aryl methyl sites for hydroxylation is 1. The van der Waals surface area contributed by atoms with Crippen molar-refractivity contribution in [2.24, 2.45) is 0 Å². The Morgan fingerprint density at radius 2 is 2.00 bits per heavy atom. The summed E-state index contributed by atoms with van der Waals surface area (Å²) in [6.07, 6.45) is 0.963. The summed E-state index contributed by atoms with van der Waals surface area (Å²) >= 11 is 0. The summed E-state index contributed by atoms with van der Waals surface area (Å²) < 4.78 is 29.9. The summed E-state index contributed by atoms with van der Waals surface area (Å²) in [5.74, 6) is 0.0612. The van der Waals surface area contributed by atoms with Gasteiger partial charge in [0.15, 0.2) is 9.84 Å². The summed E-state index contributed by atoms with van der Waals surface area (Å²) in [5.41, 5.74) is 0.786. The van der Waals surface area contributed by atoms with Crippen LogP contribution in [0.1, 0.15) is 18.9 Å². The van der Waals surface area contributed by atoms with Crippen LogP contribution >= 0.6 is 0 Å². The predicted molar refractivity (Wildman–Crippen MR) is 77.2 cm³/mol. The molecule has 0 aliphatic carbocycles. The van der Waals surface area contributed by atoms with E-state index in [0.717, 1.165) is 18.5 Å². The van der Waals surface area contributed by atoms with E-state index in [9.17, 15) is 8.42 Å². The van der Waals surface area contributed by atoms with Crippen LogP contribution in [-0.4, -0.2) is 40.5 Å². The minimum atomic E-state index is -3.29. The molecular formula is C14H23NO3S. The largest absolute Gasteiger partial charge is 0.383 e. The Bertz CT molecular complexity index is 485. The lowest BCUT2D eigenvalue weighted by molar-refractivity contribution is 0.173. The molecule has 1 aromatic carbocycles. The average Bonchev–Trinajstić information content (AvgIpc) is 2.36. The van der Waals surface area contributed by atoms with Gasteiger partial charge in [0, 0.05) is 13.2 Å². The molecule has 108 valence electrons. The zero-order chi connectivity index (χ0) is 14.3. The van der Waals surface area contributed by atoms with E-state index >= 15 is 0 Å². The molecule has 0 fully saturated rings. The quantitative estimate of drug-likeness (QED) is 0.791. The van der Waals surface area contributed by atoms with Gasteiger partial charge in [-0.2, -0.15) is 0 Å². The highest BCUT2D eigenvalue weighted by atomic mass is 32.2. The van der Waals surface area contributed by atoms with E-state index in [1.54, 1.807) is 19.2 Å². The third-order valence-corrected chi connectivity index (χ3v) is 4.87. The lowest BCUT2D eigenvalue weighted by Crippen LogP contribution is -2.39. The standard InChI is InChI=1S/C14H23NO3S/c1-4-9-15-13(10-18-3)11-19(16,17)14-8-6-5-7-12(14)2/h5-8,13,15H,4,9-11H2,1-3H3. The van der Waals surface area contributed by atoms with Crippen LogP contribution in [0.4, 0.5) is 0 Å². The van der Waals surface area contributed by atoms with Crippen LogP contribution in [0.2, 0.25) is 0 Å². The van der Waals surface area contributed by atoms with E-state index in [2.05, 4.69) is 5.32 Å². The van der Waals surface area contributed by atoms with Crippen molar-refractivity contribution in [1.29, 1.82) is 0 Å². The molecular weight excluding hydrogens is 262 g/mol. The number of rotatable bonds is 8. The SMILES string of the molecule is CCCNC(COC)CS(=O)(=O)c1ccccc1C. The lowest BCUT2D eigenvalue weighted by atomic mass is 10.2. The van der Waals surface area contributed by atoms with Gasteiger partial charge in [-0.15, -0.1) is 0 Å². The van der Waals surface area contributed by atoms with Crippen molar-refractivity contribution in [3.63, 3.8) is 0 Å². The van der Waals surface area contributed by atoms with Crippen LogP contribution in [0.3, 0.4) is 0 Å². The zero-order valence-electron chi connectivity index (χ0n) is 11.8. The lowest BCUT2D eigenvalue weighted by Gasteiger charge is -2.18. The van der Waals surface area contributed by atoms with E-state index in [1.165, 1.54) is 0 Å². The van der Waals surface area contributed by atoms with Gasteiger partial charge < -0.3 is 10.1 Å². The zero-order valence-corrected chi connectivity index (χ0v) is 12.7. The predicted octanol–water partition coefficient (Wildman–Crippen LogP) is 1.78. The summed E-state index contributed by atoms with van der Waals surface area (Å²) in [6.45, 7) is 5.05. The average molecular weight is 285 g/mol. The molecule has 5 heteroatoms. The molecule has 1 aromatic rings. The van der Waals surface area contributed by atoms with Crippen LogP contribution in [0, 0.1) is 6.92 Å². The van der Waals surface area contributed by atoms with Gasteiger partial charge in [0.05, 0.1) is 17.3 Å². The molecule has 0 bridgehead atoms. The second-order valence-electron chi connectivity index (χ2n) is 4.65. The molecule has 0 aliphatic heterocycles. The molecule has 0 heterocycles. The second-order valence-corrected chi connectivity index (χ2v) is 6.66. The number of sulfone groups is 1.